The molecule has 0 amide bonds. The van der Waals surface area contributed by atoms with Gasteiger partial charge >= 0.3 is 0 Å². The van der Waals surface area contributed by atoms with Crippen molar-refractivity contribution in [2.45, 2.75) is 13.8 Å². The van der Waals surface area contributed by atoms with Gasteiger partial charge in [-0.1, -0.05) is 0 Å². The van der Waals surface area contributed by atoms with Gasteiger partial charge in [0.15, 0.2) is 11.5 Å². The van der Waals surface area contributed by atoms with Crippen LogP contribution in [0.3, 0.4) is 0 Å². The highest BCUT2D eigenvalue weighted by atomic mass is 16.5. The van der Waals surface area contributed by atoms with E-state index in [0.717, 1.165) is 0 Å². The molecule has 8 nitrogen and oxygen atoms in total. The third kappa shape index (κ3) is 3.65. The molecule has 0 saturated carbocycles. The molecule has 2 N–H and O–H groups in total. The van der Waals surface area contributed by atoms with Crippen molar-refractivity contribution >= 4 is 12.2 Å². The van der Waals surface area contributed by atoms with Gasteiger partial charge in [0.2, 0.25) is 5.95 Å². The van der Waals surface area contributed by atoms with E-state index in [1.165, 1.54) is 6.21 Å². The maximum absolute atomic E-state index is 11.7. The summed E-state index contributed by atoms with van der Waals surface area (Å²) in [5.74, 6) is 1.94. The van der Waals surface area contributed by atoms with E-state index in [1.54, 1.807) is 47.3 Å². The minimum absolute atomic E-state index is 0.205. The molecule has 1 aromatic heterocycles. The number of rotatable bonds is 6. The Hall–Kier alpha value is -3.03. The van der Waals surface area contributed by atoms with Gasteiger partial charge in [-0.15, -0.1) is 0 Å². The van der Waals surface area contributed by atoms with Gasteiger partial charge in [-0.3, -0.25) is 9.78 Å². The van der Waals surface area contributed by atoms with Crippen molar-refractivity contribution in [3.05, 3.63) is 39.3 Å². The lowest BCUT2D eigenvalue weighted by atomic mass is 10.2. The molecule has 1 aromatic carbocycles. The minimum atomic E-state index is -0.205. The zero-order valence-electron chi connectivity index (χ0n) is 14.3. The first-order valence-corrected chi connectivity index (χ1v) is 7.16. The topological polar surface area (TPSA) is 97.8 Å². The Morgan fingerprint density at radius 1 is 1.08 bits per heavy atom. The smallest absolute Gasteiger partial charge is 0.255 e. The van der Waals surface area contributed by atoms with Gasteiger partial charge in [-0.2, -0.15) is 5.10 Å². The number of ether oxygens (including phenoxy) is 3. The lowest BCUT2D eigenvalue weighted by molar-refractivity contribution is 0.349. The number of hydrogen-bond acceptors (Lipinski definition) is 7. The first kappa shape index (κ1) is 17.3. The van der Waals surface area contributed by atoms with Gasteiger partial charge in [0, 0.05) is 22.9 Å². The van der Waals surface area contributed by atoms with Gasteiger partial charge in [-0.05, 0) is 19.9 Å². The molecule has 0 atom stereocenters. The van der Waals surface area contributed by atoms with Crippen molar-refractivity contribution in [2.75, 3.05) is 26.8 Å². The number of benzene rings is 1. The van der Waals surface area contributed by atoms with E-state index in [4.69, 9.17) is 14.2 Å². The summed E-state index contributed by atoms with van der Waals surface area (Å²) in [6.07, 6.45) is 1.54. The standard InChI is InChI=1S/C16H20N4O4/c1-9-10(2)18-16(19-15(9)21)20-17-8-11-6-13(23-4)14(24-5)7-12(11)22-3/h6-8H,1-5H3,(H2,18,19,20,21)/b17-8-. The minimum Gasteiger partial charge on any atom is -0.496 e. The van der Waals surface area contributed by atoms with Crippen LogP contribution in [0.1, 0.15) is 16.8 Å². The number of anilines is 1. The van der Waals surface area contributed by atoms with Gasteiger partial charge in [0.25, 0.3) is 5.56 Å². The number of hydrogen-bond donors (Lipinski definition) is 2. The van der Waals surface area contributed by atoms with Crippen LogP contribution in [0.25, 0.3) is 0 Å². The number of H-pyrrole nitrogens is 1. The van der Waals surface area contributed by atoms with Crippen molar-refractivity contribution in [3.8, 4) is 17.2 Å². The van der Waals surface area contributed by atoms with E-state index >= 15 is 0 Å². The van der Waals surface area contributed by atoms with Crippen molar-refractivity contribution < 1.29 is 14.2 Å². The Balaban J connectivity index is 2.27. The first-order valence-electron chi connectivity index (χ1n) is 7.16. The van der Waals surface area contributed by atoms with Gasteiger partial charge < -0.3 is 14.2 Å². The van der Waals surface area contributed by atoms with E-state index in [2.05, 4.69) is 20.5 Å². The lowest BCUT2D eigenvalue weighted by Gasteiger charge is -2.11. The molecule has 0 unspecified atom stereocenters. The van der Waals surface area contributed by atoms with Crippen molar-refractivity contribution in [1.82, 2.24) is 9.97 Å². The normalized spacial score (nSPS) is 10.7. The number of nitrogens with zero attached hydrogens (tertiary/aromatic N) is 2. The fourth-order valence-corrected chi connectivity index (χ4v) is 2.01. The third-order valence-electron chi connectivity index (χ3n) is 3.50. The number of nitrogens with one attached hydrogen (secondary N) is 2. The van der Waals surface area contributed by atoms with Gasteiger partial charge in [0.05, 0.1) is 27.5 Å². The first-order chi connectivity index (χ1) is 11.5. The highest BCUT2D eigenvalue weighted by Gasteiger charge is 2.10. The molecule has 0 aliphatic heterocycles. The quantitative estimate of drug-likeness (QED) is 0.619. The number of methoxy groups -OCH3 is 3. The van der Waals surface area contributed by atoms with Crippen LogP contribution < -0.4 is 25.2 Å². The van der Waals surface area contributed by atoms with Crippen LogP contribution in [0.2, 0.25) is 0 Å². The maximum atomic E-state index is 11.7. The summed E-state index contributed by atoms with van der Waals surface area (Å²) in [5, 5.41) is 4.08. The molecule has 24 heavy (non-hydrogen) atoms. The Morgan fingerprint density at radius 3 is 2.29 bits per heavy atom. The van der Waals surface area contributed by atoms with Crippen LogP contribution in [-0.2, 0) is 0 Å². The highest BCUT2D eigenvalue weighted by Crippen LogP contribution is 2.33. The predicted molar refractivity (Wildman–Crippen MR) is 91.6 cm³/mol. The Labute approximate surface area is 139 Å². The van der Waals surface area contributed by atoms with Crippen LogP contribution in [-0.4, -0.2) is 37.5 Å². The number of aromatic nitrogens is 2. The molecular formula is C16H20N4O4. The maximum Gasteiger partial charge on any atom is 0.255 e. The van der Waals surface area contributed by atoms with E-state index in [-0.39, 0.29) is 11.5 Å². The van der Waals surface area contributed by atoms with E-state index in [0.29, 0.717) is 34.1 Å². The van der Waals surface area contributed by atoms with Crippen LogP contribution in [0, 0.1) is 13.8 Å². The monoisotopic (exact) mass is 332 g/mol. The second-order valence-electron chi connectivity index (χ2n) is 4.94. The molecule has 0 spiro atoms. The second kappa shape index (κ2) is 7.49. The van der Waals surface area contributed by atoms with Crippen molar-refractivity contribution in [2.24, 2.45) is 5.10 Å². The van der Waals surface area contributed by atoms with Gasteiger partial charge in [-0.25, -0.2) is 10.4 Å². The average molecular weight is 332 g/mol. The highest BCUT2D eigenvalue weighted by molar-refractivity contribution is 5.85. The largest absolute Gasteiger partial charge is 0.496 e. The molecule has 2 rings (SSSR count). The number of aryl methyl sites for hydroxylation is 1. The van der Waals surface area contributed by atoms with Crippen molar-refractivity contribution in [3.63, 3.8) is 0 Å². The van der Waals surface area contributed by atoms with Crippen LogP contribution in [0.5, 0.6) is 17.2 Å². The van der Waals surface area contributed by atoms with E-state index < -0.39 is 0 Å². The van der Waals surface area contributed by atoms with E-state index in [1.807, 2.05) is 0 Å². The van der Waals surface area contributed by atoms with Crippen LogP contribution in [0.4, 0.5) is 5.95 Å². The fraction of sp³-hybridized carbons (Fsp3) is 0.312. The molecule has 0 bridgehead atoms. The molecule has 0 fully saturated rings. The molecule has 2 aromatic rings. The SMILES string of the molecule is COc1cc(OC)c(OC)cc1/C=N\Nc1nc(C)c(C)c(=O)[nH]1. The molecule has 8 heteroatoms. The lowest BCUT2D eigenvalue weighted by Crippen LogP contribution is -2.15. The molecule has 128 valence electrons. The molecule has 0 radical (unpaired) electrons. The zero-order chi connectivity index (χ0) is 17.7. The van der Waals surface area contributed by atoms with Crippen molar-refractivity contribution in [1.29, 1.82) is 0 Å². The summed E-state index contributed by atoms with van der Waals surface area (Å²) in [7, 11) is 4.65. The summed E-state index contributed by atoms with van der Waals surface area (Å²) in [6, 6.07) is 3.44. The number of hydrazone groups is 1. The second-order valence-corrected chi connectivity index (χ2v) is 4.94. The Kier molecular flexibility index (Phi) is 5.41. The summed E-state index contributed by atoms with van der Waals surface area (Å²) in [5.41, 5.74) is 4.38. The Morgan fingerprint density at radius 2 is 1.71 bits per heavy atom. The molecule has 1 heterocycles. The zero-order valence-corrected chi connectivity index (χ0v) is 14.3. The molecule has 0 saturated heterocycles. The molecule has 0 aliphatic rings. The summed E-state index contributed by atoms with van der Waals surface area (Å²) < 4.78 is 15.8. The molecular weight excluding hydrogens is 312 g/mol. The predicted octanol–water partition coefficient (Wildman–Crippen LogP) is 1.86. The van der Waals surface area contributed by atoms with Gasteiger partial charge in [0.1, 0.15) is 5.75 Å². The fourth-order valence-electron chi connectivity index (χ4n) is 2.01. The summed E-state index contributed by atoms with van der Waals surface area (Å²) in [6.45, 7) is 3.47. The van der Waals surface area contributed by atoms with Crippen LogP contribution in [0.15, 0.2) is 22.0 Å². The average Bonchev–Trinajstić information content (AvgIpc) is 2.58. The van der Waals surface area contributed by atoms with Crippen LogP contribution >= 0.6 is 0 Å². The summed E-state index contributed by atoms with van der Waals surface area (Å²) in [4.78, 5) is 18.5. The Bertz CT molecular complexity index is 814. The summed E-state index contributed by atoms with van der Waals surface area (Å²) >= 11 is 0. The third-order valence-corrected chi connectivity index (χ3v) is 3.50. The number of aromatic amines is 1. The van der Waals surface area contributed by atoms with E-state index in [9.17, 15) is 4.79 Å². The molecule has 0 aliphatic carbocycles.